The first-order valence-corrected chi connectivity index (χ1v) is 7.20. The van der Waals surface area contributed by atoms with Crippen molar-refractivity contribution >= 4 is 23.2 Å². The molecule has 0 radical (unpaired) electrons. The minimum absolute atomic E-state index is 0.0483. The van der Waals surface area contributed by atoms with E-state index in [4.69, 9.17) is 16.7 Å². The van der Waals surface area contributed by atoms with Gasteiger partial charge in [-0.15, -0.1) is 0 Å². The Balaban J connectivity index is 3.27. The summed E-state index contributed by atoms with van der Waals surface area (Å²) in [6, 6.07) is 4.19. The van der Waals surface area contributed by atoms with E-state index in [1.807, 2.05) is 13.8 Å². The molecule has 0 saturated carbocycles. The zero-order valence-corrected chi connectivity index (χ0v) is 12.8. The van der Waals surface area contributed by atoms with Gasteiger partial charge < -0.3 is 10.0 Å². The molecule has 21 heavy (non-hydrogen) atoms. The Kier molecular flexibility index (Phi) is 6.58. The predicted octanol–water partition coefficient (Wildman–Crippen LogP) is 2.87. The van der Waals surface area contributed by atoms with Crippen LogP contribution in [0.15, 0.2) is 18.2 Å². The minimum Gasteiger partial charge on any atom is -0.395 e. The predicted molar refractivity (Wildman–Crippen MR) is 80.6 cm³/mol. The van der Waals surface area contributed by atoms with Crippen molar-refractivity contribution in [2.75, 3.05) is 13.2 Å². The van der Waals surface area contributed by atoms with Crippen LogP contribution in [0.4, 0.5) is 5.69 Å². The second-order valence-corrected chi connectivity index (χ2v) is 4.99. The topological polar surface area (TPSA) is 83.7 Å². The van der Waals surface area contributed by atoms with E-state index in [0.29, 0.717) is 12.8 Å². The first-order chi connectivity index (χ1) is 9.97. The molecule has 1 rings (SSSR count). The first kappa shape index (κ1) is 17.4. The number of hydrogen-bond acceptors (Lipinski definition) is 4. The van der Waals surface area contributed by atoms with Crippen LogP contribution in [-0.2, 0) is 0 Å². The molecule has 0 aliphatic carbocycles. The highest BCUT2D eigenvalue weighted by molar-refractivity contribution is 6.33. The average Bonchev–Trinajstić information content (AvgIpc) is 2.46. The molecule has 7 heteroatoms. The van der Waals surface area contributed by atoms with Crippen LogP contribution < -0.4 is 0 Å². The molecule has 6 nitrogen and oxygen atoms in total. The molecule has 0 bridgehead atoms. The van der Waals surface area contributed by atoms with Gasteiger partial charge >= 0.3 is 5.69 Å². The van der Waals surface area contributed by atoms with Gasteiger partial charge in [0.05, 0.1) is 11.5 Å². The summed E-state index contributed by atoms with van der Waals surface area (Å²) < 4.78 is 0. The third-order valence-corrected chi connectivity index (χ3v) is 3.69. The van der Waals surface area contributed by atoms with Gasteiger partial charge in [0.25, 0.3) is 5.91 Å². The van der Waals surface area contributed by atoms with Crippen LogP contribution in [0.5, 0.6) is 0 Å². The van der Waals surface area contributed by atoms with Crippen LogP contribution in [0, 0.1) is 10.1 Å². The van der Waals surface area contributed by atoms with E-state index in [2.05, 4.69) is 0 Å². The van der Waals surface area contributed by atoms with Crippen molar-refractivity contribution in [3.05, 3.63) is 38.9 Å². The third-order valence-electron chi connectivity index (χ3n) is 3.38. The van der Waals surface area contributed by atoms with Crippen LogP contribution >= 0.6 is 11.6 Å². The van der Waals surface area contributed by atoms with Crippen LogP contribution in [-0.4, -0.2) is 40.0 Å². The van der Waals surface area contributed by atoms with Gasteiger partial charge in [0.15, 0.2) is 0 Å². The SMILES string of the molecule is CCC(CC)N(CCO)C(=O)c1cccc(Cl)c1[N+](=O)[O-]. The van der Waals surface area contributed by atoms with E-state index < -0.39 is 16.5 Å². The number of carbonyl (C=O) groups excluding carboxylic acids is 1. The lowest BCUT2D eigenvalue weighted by Gasteiger charge is -2.30. The van der Waals surface area contributed by atoms with Gasteiger partial charge in [-0.05, 0) is 25.0 Å². The second-order valence-electron chi connectivity index (χ2n) is 4.59. The molecule has 0 saturated heterocycles. The van der Waals surface area contributed by atoms with E-state index in [1.165, 1.54) is 23.1 Å². The van der Waals surface area contributed by atoms with E-state index in [-0.39, 0.29) is 29.8 Å². The molecule has 1 aromatic rings. The summed E-state index contributed by atoms with van der Waals surface area (Å²) in [4.78, 5) is 24.6. The maximum atomic E-state index is 12.6. The van der Waals surface area contributed by atoms with E-state index in [9.17, 15) is 14.9 Å². The monoisotopic (exact) mass is 314 g/mol. The second kappa shape index (κ2) is 7.95. The number of nitro benzene ring substituents is 1. The number of benzene rings is 1. The summed E-state index contributed by atoms with van der Waals surface area (Å²) in [6.07, 6.45) is 1.41. The van der Waals surface area contributed by atoms with Crippen molar-refractivity contribution < 1.29 is 14.8 Å². The van der Waals surface area contributed by atoms with E-state index in [1.54, 1.807) is 0 Å². The van der Waals surface area contributed by atoms with Crippen LogP contribution in [0.3, 0.4) is 0 Å². The van der Waals surface area contributed by atoms with Gasteiger partial charge in [-0.1, -0.05) is 31.5 Å². The number of amides is 1. The lowest BCUT2D eigenvalue weighted by molar-refractivity contribution is -0.385. The summed E-state index contributed by atoms with van der Waals surface area (Å²) in [5.41, 5.74) is -0.439. The van der Waals surface area contributed by atoms with Crippen LogP contribution in [0.1, 0.15) is 37.0 Å². The summed E-state index contributed by atoms with van der Waals surface area (Å²) >= 11 is 5.84. The number of aliphatic hydroxyl groups is 1. The highest BCUT2D eigenvalue weighted by atomic mass is 35.5. The van der Waals surface area contributed by atoms with Crippen LogP contribution in [0.25, 0.3) is 0 Å². The van der Waals surface area contributed by atoms with Gasteiger partial charge in [0.2, 0.25) is 0 Å². The number of carbonyl (C=O) groups is 1. The lowest BCUT2D eigenvalue weighted by atomic mass is 10.1. The number of nitrogens with zero attached hydrogens (tertiary/aromatic N) is 2. The molecule has 0 spiro atoms. The molecule has 0 aromatic heterocycles. The van der Waals surface area contributed by atoms with Crippen molar-refractivity contribution in [1.29, 1.82) is 0 Å². The molecule has 0 fully saturated rings. The fourth-order valence-corrected chi connectivity index (χ4v) is 2.56. The van der Waals surface area contributed by atoms with Gasteiger partial charge in [-0.2, -0.15) is 0 Å². The van der Waals surface area contributed by atoms with Crippen molar-refractivity contribution in [3.8, 4) is 0 Å². The third kappa shape index (κ3) is 3.92. The zero-order valence-electron chi connectivity index (χ0n) is 12.1. The van der Waals surface area contributed by atoms with Gasteiger partial charge in [0, 0.05) is 12.6 Å². The highest BCUT2D eigenvalue weighted by Crippen LogP contribution is 2.29. The Morgan fingerprint density at radius 1 is 1.43 bits per heavy atom. The summed E-state index contributed by atoms with van der Waals surface area (Å²) in [5, 5.41) is 20.2. The maximum absolute atomic E-state index is 12.6. The largest absolute Gasteiger partial charge is 0.395 e. The Morgan fingerprint density at radius 3 is 2.52 bits per heavy atom. The Morgan fingerprint density at radius 2 is 2.05 bits per heavy atom. The number of halogens is 1. The molecular formula is C14H19ClN2O4. The Bertz CT molecular complexity index is 518. The summed E-state index contributed by atoms with van der Waals surface area (Å²) in [6.45, 7) is 3.79. The number of aliphatic hydroxyl groups excluding tert-OH is 1. The Hall–Kier alpha value is -1.66. The molecule has 1 amide bonds. The molecule has 0 unspecified atom stereocenters. The normalized spacial score (nSPS) is 10.7. The number of nitro groups is 1. The van der Waals surface area contributed by atoms with E-state index >= 15 is 0 Å². The van der Waals surface area contributed by atoms with E-state index in [0.717, 1.165) is 0 Å². The molecule has 0 aliphatic heterocycles. The average molecular weight is 315 g/mol. The Labute approximate surface area is 128 Å². The van der Waals surface area contributed by atoms with Gasteiger partial charge in [-0.25, -0.2) is 0 Å². The fraction of sp³-hybridized carbons (Fsp3) is 0.500. The lowest BCUT2D eigenvalue weighted by Crippen LogP contribution is -2.41. The molecule has 116 valence electrons. The molecule has 0 atom stereocenters. The highest BCUT2D eigenvalue weighted by Gasteiger charge is 2.29. The first-order valence-electron chi connectivity index (χ1n) is 6.82. The van der Waals surface area contributed by atoms with Crippen molar-refractivity contribution in [1.82, 2.24) is 4.90 Å². The van der Waals surface area contributed by atoms with Crippen molar-refractivity contribution in [2.24, 2.45) is 0 Å². The fourth-order valence-electron chi connectivity index (χ4n) is 2.32. The summed E-state index contributed by atoms with van der Waals surface area (Å²) in [7, 11) is 0. The van der Waals surface area contributed by atoms with Crippen molar-refractivity contribution in [3.63, 3.8) is 0 Å². The van der Waals surface area contributed by atoms with Crippen LogP contribution in [0.2, 0.25) is 5.02 Å². The molecule has 1 N–H and O–H groups in total. The minimum atomic E-state index is -0.653. The summed E-state index contributed by atoms with van der Waals surface area (Å²) in [5.74, 6) is -0.480. The zero-order chi connectivity index (χ0) is 16.0. The molecular weight excluding hydrogens is 296 g/mol. The standard InChI is InChI=1S/C14H19ClN2O4/c1-3-10(4-2)16(8-9-18)14(19)11-6-5-7-12(15)13(11)17(20)21/h5-7,10,18H,3-4,8-9H2,1-2H3. The molecule has 0 heterocycles. The van der Waals surface area contributed by atoms with Gasteiger partial charge in [-0.3, -0.25) is 14.9 Å². The molecule has 1 aromatic carbocycles. The molecule has 0 aliphatic rings. The maximum Gasteiger partial charge on any atom is 0.300 e. The quantitative estimate of drug-likeness (QED) is 0.619. The van der Waals surface area contributed by atoms with Gasteiger partial charge in [0.1, 0.15) is 10.6 Å². The van der Waals surface area contributed by atoms with Crippen molar-refractivity contribution in [2.45, 2.75) is 32.7 Å². The number of para-hydroxylation sites is 1. The number of hydrogen-bond donors (Lipinski definition) is 1. The smallest absolute Gasteiger partial charge is 0.300 e. The number of rotatable bonds is 7.